The minimum Gasteiger partial charge on any atom is -0.480 e. The molecule has 2 aromatic heterocycles. The lowest BCUT2D eigenvalue weighted by Gasteiger charge is -2.17. The molecule has 0 bridgehead atoms. The smallest absolute Gasteiger partial charge is 0.335 e. The van der Waals surface area contributed by atoms with Crippen molar-refractivity contribution in [3.05, 3.63) is 59.9 Å². The highest BCUT2D eigenvalue weighted by Gasteiger charge is 2.22. The maximum absolute atomic E-state index is 12.5. The fourth-order valence-corrected chi connectivity index (χ4v) is 5.62. The molecule has 2 heterocycles. The van der Waals surface area contributed by atoms with Gasteiger partial charge in [-0.25, -0.2) is 23.3 Å². The first kappa shape index (κ1) is 26.3. The van der Waals surface area contributed by atoms with E-state index in [1.165, 1.54) is 26.5 Å². The van der Waals surface area contributed by atoms with Gasteiger partial charge in [0.1, 0.15) is 4.90 Å². The Kier molecular flexibility index (Phi) is 7.06. The summed E-state index contributed by atoms with van der Waals surface area (Å²) in [6, 6.07) is 10.4. The van der Waals surface area contributed by atoms with Crippen LogP contribution in [0, 0.1) is 0 Å². The van der Waals surface area contributed by atoms with Gasteiger partial charge in [-0.3, -0.25) is 4.98 Å². The summed E-state index contributed by atoms with van der Waals surface area (Å²) in [7, 11) is -1.24. The van der Waals surface area contributed by atoms with Gasteiger partial charge in [0.2, 0.25) is 15.9 Å². The van der Waals surface area contributed by atoms with Crippen molar-refractivity contribution in [2.24, 2.45) is 5.14 Å². The van der Waals surface area contributed by atoms with Crippen molar-refractivity contribution in [2.45, 2.75) is 36.5 Å². The fraction of sp³-hybridized carbons (Fsp3) is 0.259. The third kappa shape index (κ3) is 5.33. The quantitative estimate of drug-likeness (QED) is 0.285. The summed E-state index contributed by atoms with van der Waals surface area (Å²) in [5.41, 5.74) is 3.40. The summed E-state index contributed by atoms with van der Waals surface area (Å²) >= 11 is 0. The van der Waals surface area contributed by atoms with Crippen LogP contribution in [0.1, 0.15) is 47.5 Å². The Labute approximate surface area is 225 Å². The van der Waals surface area contributed by atoms with Crippen molar-refractivity contribution >= 4 is 38.3 Å². The van der Waals surface area contributed by atoms with Crippen molar-refractivity contribution in [3.63, 3.8) is 0 Å². The lowest BCUT2D eigenvalue weighted by Crippen LogP contribution is -2.15. The molecule has 1 saturated carbocycles. The van der Waals surface area contributed by atoms with Crippen LogP contribution in [0.2, 0.25) is 0 Å². The van der Waals surface area contributed by atoms with Crippen LogP contribution in [0.25, 0.3) is 22.0 Å². The molecule has 4 aromatic rings. The maximum atomic E-state index is 12.5. The summed E-state index contributed by atoms with van der Waals surface area (Å²) in [6.45, 7) is 0. The number of ether oxygens (including phenoxy) is 2. The molecule has 1 aliphatic carbocycles. The molecule has 202 valence electrons. The van der Waals surface area contributed by atoms with Crippen LogP contribution in [0.15, 0.2) is 53.7 Å². The third-order valence-corrected chi connectivity index (χ3v) is 7.78. The number of nitrogens with one attached hydrogen (secondary N) is 1. The molecule has 0 atom stereocenters. The number of rotatable bonds is 8. The largest absolute Gasteiger partial charge is 0.480 e. The zero-order chi connectivity index (χ0) is 27.7. The molecule has 0 amide bonds. The van der Waals surface area contributed by atoms with E-state index in [1.807, 2.05) is 6.07 Å². The molecular weight excluding hydrogens is 522 g/mol. The van der Waals surface area contributed by atoms with Crippen molar-refractivity contribution in [3.8, 4) is 23.0 Å². The molecule has 39 heavy (non-hydrogen) atoms. The molecule has 12 heteroatoms. The summed E-state index contributed by atoms with van der Waals surface area (Å²) in [6.07, 6.45) is 6.87. The third-order valence-electron chi connectivity index (χ3n) is 6.86. The molecule has 11 nitrogen and oxygen atoms in total. The number of pyridine rings is 1. The van der Waals surface area contributed by atoms with E-state index in [0.29, 0.717) is 33.6 Å². The van der Waals surface area contributed by atoms with Gasteiger partial charge in [-0.05, 0) is 54.2 Å². The monoisotopic (exact) mass is 549 g/mol. The minimum atomic E-state index is -4.17. The van der Waals surface area contributed by atoms with E-state index in [0.717, 1.165) is 31.2 Å². The summed E-state index contributed by atoms with van der Waals surface area (Å²) < 4.78 is 35.5. The van der Waals surface area contributed by atoms with Crippen LogP contribution in [-0.2, 0) is 10.0 Å². The van der Waals surface area contributed by atoms with Crippen LogP contribution in [-0.4, -0.2) is 48.7 Å². The maximum Gasteiger partial charge on any atom is 0.335 e. The van der Waals surface area contributed by atoms with E-state index in [9.17, 15) is 18.3 Å². The van der Waals surface area contributed by atoms with Gasteiger partial charge in [0.25, 0.3) is 0 Å². The van der Waals surface area contributed by atoms with Crippen LogP contribution < -0.4 is 19.9 Å². The molecule has 0 spiro atoms. The highest BCUT2D eigenvalue weighted by atomic mass is 32.2. The van der Waals surface area contributed by atoms with Gasteiger partial charge in [-0.15, -0.1) is 0 Å². The lowest BCUT2D eigenvalue weighted by atomic mass is 9.95. The summed E-state index contributed by atoms with van der Waals surface area (Å²) in [5, 5.41) is 18.9. The number of aromatic nitrogens is 3. The Morgan fingerprint density at radius 1 is 1.05 bits per heavy atom. The Morgan fingerprint density at radius 2 is 1.82 bits per heavy atom. The molecular formula is C27H27N5O6S. The van der Waals surface area contributed by atoms with Crippen molar-refractivity contribution in [1.82, 2.24) is 15.0 Å². The van der Waals surface area contributed by atoms with Crippen LogP contribution in [0.5, 0.6) is 11.9 Å². The number of sulfonamides is 1. The number of methoxy groups -OCH3 is 2. The number of hydrogen-bond acceptors (Lipinski definition) is 9. The van der Waals surface area contributed by atoms with Gasteiger partial charge in [-0.2, -0.15) is 4.98 Å². The van der Waals surface area contributed by atoms with Crippen molar-refractivity contribution in [2.75, 3.05) is 19.5 Å². The molecule has 0 saturated heterocycles. The number of carboxylic acids is 1. The standard InChI is InChI=1S/C27H27N5O6S/c1-37-25-21(13-30-27(32-25)38-2)16-7-8-20-22(12-16)29-14-23(39(28,35)36)24(20)31-19-10-17(15-5-3-4-6-15)9-18(11-19)26(33)34/h7-15H,3-6H2,1-2H3,(H,29,31)(H,33,34)(H2,28,35,36). The predicted octanol–water partition coefficient (Wildman–Crippen LogP) is 4.46. The Hall–Kier alpha value is -4.29. The van der Waals surface area contributed by atoms with Crippen LogP contribution >= 0.6 is 0 Å². The number of primary sulfonamides is 1. The Morgan fingerprint density at radius 3 is 2.49 bits per heavy atom. The number of carboxylic acid groups (broad SMARTS) is 1. The number of hydrogen-bond donors (Lipinski definition) is 3. The number of nitrogens with two attached hydrogens (primary N) is 1. The Balaban J connectivity index is 1.64. The van der Waals surface area contributed by atoms with Gasteiger partial charge >= 0.3 is 12.0 Å². The number of benzene rings is 2. The molecule has 0 aliphatic heterocycles. The first-order valence-electron chi connectivity index (χ1n) is 12.2. The number of carbonyl (C=O) groups is 1. The van der Waals surface area contributed by atoms with Crippen LogP contribution in [0.3, 0.4) is 0 Å². The molecule has 0 unspecified atom stereocenters. The predicted molar refractivity (Wildman–Crippen MR) is 145 cm³/mol. The number of anilines is 2. The number of aromatic carboxylic acids is 1. The van der Waals surface area contributed by atoms with Crippen molar-refractivity contribution < 1.29 is 27.8 Å². The zero-order valence-corrected chi connectivity index (χ0v) is 22.2. The lowest BCUT2D eigenvalue weighted by molar-refractivity contribution is 0.0696. The number of nitrogens with zero attached hydrogens (tertiary/aromatic N) is 3. The number of fused-ring (bicyclic) bond motifs is 1. The van der Waals surface area contributed by atoms with E-state index in [-0.39, 0.29) is 28.1 Å². The van der Waals surface area contributed by atoms with Gasteiger partial charge in [0, 0.05) is 23.5 Å². The Bertz CT molecular complexity index is 1690. The van der Waals surface area contributed by atoms with E-state index in [1.54, 1.807) is 30.5 Å². The second-order valence-electron chi connectivity index (χ2n) is 9.31. The second kappa shape index (κ2) is 10.5. The zero-order valence-electron chi connectivity index (χ0n) is 21.3. The minimum absolute atomic E-state index is 0.117. The van der Waals surface area contributed by atoms with Crippen LogP contribution in [0.4, 0.5) is 11.4 Å². The average Bonchev–Trinajstić information content (AvgIpc) is 3.47. The second-order valence-corrected chi connectivity index (χ2v) is 10.8. The van der Waals surface area contributed by atoms with E-state index >= 15 is 0 Å². The molecule has 5 rings (SSSR count). The molecule has 1 aliphatic rings. The summed E-state index contributed by atoms with van der Waals surface area (Å²) in [4.78, 5) is 24.4. The first-order chi connectivity index (χ1) is 18.7. The summed E-state index contributed by atoms with van der Waals surface area (Å²) in [5.74, 6) is -0.518. The highest BCUT2D eigenvalue weighted by Crippen LogP contribution is 2.39. The van der Waals surface area contributed by atoms with Gasteiger partial charge in [0.05, 0.1) is 36.6 Å². The highest BCUT2D eigenvalue weighted by molar-refractivity contribution is 7.89. The van der Waals surface area contributed by atoms with E-state index in [4.69, 9.17) is 14.6 Å². The molecule has 1 fully saturated rings. The molecule has 2 aromatic carbocycles. The molecule has 0 radical (unpaired) electrons. The van der Waals surface area contributed by atoms with E-state index in [2.05, 4.69) is 20.3 Å². The van der Waals surface area contributed by atoms with Crippen molar-refractivity contribution in [1.29, 1.82) is 0 Å². The SMILES string of the molecule is COc1ncc(-c2ccc3c(Nc4cc(C(=O)O)cc(C5CCCC5)c4)c(S(N)(=O)=O)cnc3c2)c(OC)n1. The van der Waals surface area contributed by atoms with Gasteiger partial charge < -0.3 is 19.9 Å². The topological polar surface area (TPSA) is 167 Å². The van der Waals surface area contributed by atoms with E-state index < -0.39 is 16.0 Å². The molecule has 4 N–H and O–H groups in total. The van der Waals surface area contributed by atoms with Gasteiger partial charge in [-0.1, -0.05) is 25.0 Å². The fourth-order valence-electron chi connectivity index (χ4n) is 4.98. The first-order valence-corrected chi connectivity index (χ1v) is 13.8. The average molecular weight is 550 g/mol. The normalized spacial score (nSPS) is 13.9. The van der Waals surface area contributed by atoms with Gasteiger partial charge in [0.15, 0.2) is 0 Å².